The molecule has 1 aromatic heterocycles. The summed E-state index contributed by atoms with van der Waals surface area (Å²) >= 11 is 5.41. The summed E-state index contributed by atoms with van der Waals surface area (Å²) in [5, 5.41) is 13.8. The van der Waals surface area contributed by atoms with Crippen LogP contribution in [0.25, 0.3) is 10.9 Å². The van der Waals surface area contributed by atoms with Gasteiger partial charge in [0.1, 0.15) is 5.60 Å². The van der Waals surface area contributed by atoms with Crippen LogP contribution in [0.3, 0.4) is 0 Å². The number of rotatable bonds is 13. The Morgan fingerprint density at radius 1 is 0.974 bits per heavy atom. The van der Waals surface area contributed by atoms with Crippen LogP contribution < -0.4 is 4.74 Å². The number of hydrogen-bond acceptors (Lipinski definition) is 5. The summed E-state index contributed by atoms with van der Waals surface area (Å²) in [6.07, 6.45) is 1.09. The highest BCUT2D eigenvalue weighted by Crippen LogP contribution is 2.47. The second-order valence-electron chi connectivity index (χ2n) is 9.49. The standard InChI is InChI=1S/C32H37BrN2O2S/c1-4-35(5-2)19-12-20-38-23-32(36,26-15-10-7-11-16-26)30(24-13-8-6-9-14-24)28-22-25-21-27(33)17-18-29(25)34-31(28)37-3/h6-11,13-18,21-22,30,36H,4-5,12,19-20,23H2,1-3H3. The van der Waals surface area contributed by atoms with E-state index < -0.39 is 5.60 Å². The summed E-state index contributed by atoms with van der Waals surface area (Å²) in [6, 6.07) is 28.5. The smallest absolute Gasteiger partial charge is 0.217 e. The van der Waals surface area contributed by atoms with Crippen molar-refractivity contribution in [2.24, 2.45) is 0 Å². The molecule has 4 rings (SSSR count). The second-order valence-corrected chi connectivity index (χ2v) is 11.5. The molecule has 4 aromatic rings. The molecule has 2 unspecified atom stereocenters. The normalized spacial score (nSPS) is 13.9. The third kappa shape index (κ3) is 6.60. The Labute approximate surface area is 239 Å². The number of ether oxygens (including phenoxy) is 1. The minimum absolute atomic E-state index is 0.382. The molecule has 4 nitrogen and oxygen atoms in total. The average Bonchev–Trinajstić information content (AvgIpc) is 2.95. The van der Waals surface area contributed by atoms with Gasteiger partial charge in [-0.1, -0.05) is 90.4 Å². The van der Waals surface area contributed by atoms with Crippen molar-refractivity contribution >= 4 is 38.6 Å². The fourth-order valence-corrected chi connectivity index (χ4v) is 6.59. The molecule has 1 heterocycles. The number of aliphatic hydroxyl groups is 1. The number of thioether (sulfide) groups is 1. The van der Waals surface area contributed by atoms with E-state index in [2.05, 4.69) is 58.9 Å². The van der Waals surface area contributed by atoms with E-state index >= 15 is 0 Å². The van der Waals surface area contributed by atoms with Crippen molar-refractivity contribution in [2.75, 3.05) is 38.2 Å². The van der Waals surface area contributed by atoms with Crippen molar-refractivity contribution in [1.82, 2.24) is 9.88 Å². The molecule has 0 amide bonds. The molecule has 0 aliphatic heterocycles. The van der Waals surface area contributed by atoms with Crippen molar-refractivity contribution < 1.29 is 9.84 Å². The maximum Gasteiger partial charge on any atom is 0.217 e. The molecule has 0 fully saturated rings. The maximum absolute atomic E-state index is 12.8. The summed E-state index contributed by atoms with van der Waals surface area (Å²) < 4.78 is 6.85. The number of nitrogens with zero attached hydrogens (tertiary/aromatic N) is 2. The quantitative estimate of drug-likeness (QED) is 0.163. The fourth-order valence-electron chi connectivity index (χ4n) is 5.09. The molecular weight excluding hydrogens is 556 g/mol. The molecule has 0 bridgehead atoms. The summed E-state index contributed by atoms with van der Waals surface area (Å²) in [6.45, 7) is 7.62. The SMILES string of the molecule is CCN(CC)CCCSCC(O)(c1ccccc1)C(c1ccccc1)c1cc2cc(Br)ccc2nc1OC. The summed E-state index contributed by atoms with van der Waals surface area (Å²) in [4.78, 5) is 7.31. The van der Waals surface area contributed by atoms with Crippen molar-refractivity contribution in [3.8, 4) is 5.88 Å². The Bertz CT molecular complexity index is 1300. The van der Waals surface area contributed by atoms with Crippen molar-refractivity contribution in [3.05, 3.63) is 106 Å². The minimum Gasteiger partial charge on any atom is -0.481 e. The van der Waals surface area contributed by atoms with Gasteiger partial charge in [-0.15, -0.1) is 0 Å². The van der Waals surface area contributed by atoms with Crippen LogP contribution in [0.4, 0.5) is 0 Å². The first kappa shape index (κ1) is 28.6. The fraction of sp³-hybridized carbons (Fsp3) is 0.344. The van der Waals surface area contributed by atoms with E-state index in [0.717, 1.165) is 63.9 Å². The van der Waals surface area contributed by atoms with Crippen LogP contribution in [-0.4, -0.2) is 53.2 Å². The number of aromatic nitrogens is 1. The maximum atomic E-state index is 12.8. The molecule has 0 spiro atoms. The zero-order valence-corrected chi connectivity index (χ0v) is 24.8. The average molecular weight is 594 g/mol. The van der Waals surface area contributed by atoms with Gasteiger partial charge in [0.2, 0.25) is 5.88 Å². The molecule has 200 valence electrons. The van der Waals surface area contributed by atoms with Crippen molar-refractivity contribution in [2.45, 2.75) is 31.8 Å². The van der Waals surface area contributed by atoms with Crippen molar-refractivity contribution in [1.29, 1.82) is 0 Å². The lowest BCUT2D eigenvalue weighted by Crippen LogP contribution is -2.37. The molecule has 2 atom stereocenters. The highest BCUT2D eigenvalue weighted by Gasteiger charge is 2.42. The Balaban J connectivity index is 1.80. The lowest BCUT2D eigenvalue weighted by atomic mass is 9.74. The van der Waals surface area contributed by atoms with Gasteiger partial charge in [-0.25, -0.2) is 4.98 Å². The van der Waals surface area contributed by atoms with E-state index in [0.29, 0.717) is 11.6 Å². The third-order valence-electron chi connectivity index (χ3n) is 7.14. The van der Waals surface area contributed by atoms with Crippen LogP contribution in [-0.2, 0) is 5.60 Å². The van der Waals surface area contributed by atoms with Gasteiger partial charge in [-0.05, 0) is 67.2 Å². The highest BCUT2D eigenvalue weighted by atomic mass is 79.9. The predicted octanol–water partition coefficient (Wildman–Crippen LogP) is 7.49. The van der Waals surface area contributed by atoms with E-state index in [4.69, 9.17) is 9.72 Å². The number of halogens is 1. The van der Waals surface area contributed by atoms with Crippen molar-refractivity contribution in [3.63, 3.8) is 0 Å². The van der Waals surface area contributed by atoms with Gasteiger partial charge >= 0.3 is 0 Å². The molecule has 1 N–H and O–H groups in total. The Kier molecular flexibility index (Phi) is 10.3. The van der Waals surface area contributed by atoms with E-state index in [1.165, 1.54) is 0 Å². The van der Waals surface area contributed by atoms with Crippen LogP contribution in [0.5, 0.6) is 5.88 Å². The third-order valence-corrected chi connectivity index (χ3v) is 8.85. The molecule has 3 aromatic carbocycles. The zero-order valence-electron chi connectivity index (χ0n) is 22.4. The summed E-state index contributed by atoms with van der Waals surface area (Å²) in [5.74, 6) is 1.68. The molecule has 6 heteroatoms. The van der Waals surface area contributed by atoms with E-state index in [-0.39, 0.29) is 5.92 Å². The Morgan fingerprint density at radius 3 is 2.32 bits per heavy atom. The highest BCUT2D eigenvalue weighted by molar-refractivity contribution is 9.10. The molecule has 0 aliphatic carbocycles. The summed E-state index contributed by atoms with van der Waals surface area (Å²) in [5.41, 5.74) is 2.46. The summed E-state index contributed by atoms with van der Waals surface area (Å²) in [7, 11) is 1.65. The monoisotopic (exact) mass is 592 g/mol. The Hall–Kier alpha value is -2.38. The first-order chi connectivity index (χ1) is 18.5. The molecule has 0 saturated carbocycles. The minimum atomic E-state index is -1.18. The molecule has 0 aliphatic rings. The first-order valence-electron chi connectivity index (χ1n) is 13.3. The van der Waals surface area contributed by atoms with Gasteiger partial charge in [-0.3, -0.25) is 0 Å². The molecule has 0 saturated heterocycles. The van der Waals surface area contributed by atoms with Gasteiger partial charge in [0, 0.05) is 27.1 Å². The van der Waals surface area contributed by atoms with Crippen LogP contribution in [0, 0.1) is 0 Å². The van der Waals surface area contributed by atoms with E-state index in [1.54, 1.807) is 7.11 Å². The number of pyridine rings is 1. The van der Waals surface area contributed by atoms with Crippen LogP contribution in [0.15, 0.2) is 89.4 Å². The topological polar surface area (TPSA) is 45.6 Å². The lowest BCUT2D eigenvalue weighted by molar-refractivity contribution is 0.0436. The van der Waals surface area contributed by atoms with Crippen LogP contribution in [0.1, 0.15) is 42.9 Å². The van der Waals surface area contributed by atoms with Gasteiger partial charge in [0.05, 0.1) is 12.6 Å². The lowest BCUT2D eigenvalue weighted by Gasteiger charge is -2.38. The number of benzene rings is 3. The van der Waals surface area contributed by atoms with Gasteiger partial charge < -0.3 is 14.7 Å². The molecule has 0 radical (unpaired) electrons. The number of hydrogen-bond donors (Lipinski definition) is 1. The number of fused-ring (bicyclic) bond motifs is 1. The Morgan fingerprint density at radius 2 is 1.66 bits per heavy atom. The van der Waals surface area contributed by atoms with Gasteiger partial charge in [0.25, 0.3) is 0 Å². The van der Waals surface area contributed by atoms with Gasteiger partial charge in [0.15, 0.2) is 0 Å². The van der Waals surface area contributed by atoms with Crippen LogP contribution in [0.2, 0.25) is 0 Å². The second kappa shape index (κ2) is 13.6. The molecular formula is C32H37BrN2O2S. The predicted molar refractivity (Wildman–Crippen MR) is 164 cm³/mol. The van der Waals surface area contributed by atoms with Gasteiger partial charge in [-0.2, -0.15) is 11.8 Å². The molecule has 38 heavy (non-hydrogen) atoms. The zero-order chi connectivity index (χ0) is 27.0. The number of methoxy groups -OCH3 is 1. The van der Waals surface area contributed by atoms with E-state index in [1.807, 2.05) is 72.4 Å². The van der Waals surface area contributed by atoms with E-state index in [9.17, 15) is 5.11 Å². The first-order valence-corrected chi connectivity index (χ1v) is 15.2. The van der Waals surface area contributed by atoms with Crippen LogP contribution >= 0.6 is 27.7 Å². The largest absolute Gasteiger partial charge is 0.481 e.